The summed E-state index contributed by atoms with van der Waals surface area (Å²) in [5.41, 5.74) is 0.505. The molecule has 24 heavy (non-hydrogen) atoms. The summed E-state index contributed by atoms with van der Waals surface area (Å²) in [7, 11) is -1.17. The van der Waals surface area contributed by atoms with E-state index in [1.54, 1.807) is 24.3 Å². The molecule has 8 heteroatoms. The second-order valence-corrected chi connectivity index (χ2v) is 6.54. The second-order valence-electron chi connectivity index (χ2n) is 4.81. The van der Waals surface area contributed by atoms with Crippen LogP contribution < -0.4 is 14.2 Å². The van der Waals surface area contributed by atoms with Crippen molar-refractivity contribution in [2.24, 2.45) is 0 Å². The maximum atomic E-state index is 12.5. The van der Waals surface area contributed by atoms with Gasteiger partial charge in [0.1, 0.15) is 16.4 Å². The highest BCUT2D eigenvalue weighted by Crippen LogP contribution is 2.25. The highest BCUT2D eigenvalue weighted by Gasteiger charge is 2.21. The van der Waals surface area contributed by atoms with Crippen LogP contribution in [0.15, 0.2) is 47.4 Å². The first-order chi connectivity index (χ1) is 11.4. The molecular weight excluding hydrogens is 334 g/mol. The second kappa shape index (κ2) is 7.33. The number of para-hydroxylation sites is 1. The molecule has 0 aliphatic heterocycles. The number of hydrogen-bond donors (Lipinski definition) is 2. The van der Waals surface area contributed by atoms with Crippen molar-refractivity contribution in [3.8, 4) is 11.5 Å². The highest BCUT2D eigenvalue weighted by atomic mass is 32.2. The number of carboxylic acids is 1. The molecule has 128 valence electrons. The van der Waals surface area contributed by atoms with E-state index in [2.05, 4.69) is 4.72 Å². The summed E-state index contributed by atoms with van der Waals surface area (Å²) < 4.78 is 37.7. The van der Waals surface area contributed by atoms with Crippen LogP contribution in [0.2, 0.25) is 0 Å². The molecule has 0 fully saturated rings. The fraction of sp³-hybridized carbons (Fsp3) is 0.188. The Morgan fingerprint density at radius 3 is 2.38 bits per heavy atom. The van der Waals surface area contributed by atoms with Crippen LogP contribution in [0.5, 0.6) is 11.5 Å². The van der Waals surface area contributed by atoms with E-state index in [0.717, 1.165) is 6.07 Å². The third kappa shape index (κ3) is 3.84. The van der Waals surface area contributed by atoms with Crippen molar-refractivity contribution in [2.45, 2.75) is 11.4 Å². The number of carboxylic acid groups (broad SMARTS) is 1. The topological polar surface area (TPSA) is 102 Å². The Morgan fingerprint density at radius 1 is 1.08 bits per heavy atom. The Labute approximate surface area is 139 Å². The van der Waals surface area contributed by atoms with E-state index in [0.29, 0.717) is 11.3 Å². The van der Waals surface area contributed by atoms with Crippen LogP contribution in [0.3, 0.4) is 0 Å². The Morgan fingerprint density at radius 2 is 1.75 bits per heavy atom. The van der Waals surface area contributed by atoms with Gasteiger partial charge in [-0.2, -0.15) is 0 Å². The lowest BCUT2D eigenvalue weighted by molar-refractivity contribution is 0.0696. The van der Waals surface area contributed by atoms with Crippen LogP contribution in [0, 0.1) is 0 Å². The van der Waals surface area contributed by atoms with Crippen molar-refractivity contribution in [1.82, 2.24) is 4.72 Å². The monoisotopic (exact) mass is 351 g/mol. The smallest absolute Gasteiger partial charge is 0.335 e. The number of carbonyl (C=O) groups is 1. The van der Waals surface area contributed by atoms with Gasteiger partial charge in [0, 0.05) is 12.1 Å². The molecule has 2 rings (SSSR count). The quantitative estimate of drug-likeness (QED) is 0.790. The number of nitrogens with one attached hydrogen (secondary N) is 1. The zero-order chi connectivity index (χ0) is 17.7. The molecule has 2 aromatic rings. The van der Waals surface area contributed by atoms with Crippen molar-refractivity contribution in [3.05, 3.63) is 53.6 Å². The van der Waals surface area contributed by atoms with Gasteiger partial charge in [-0.05, 0) is 24.3 Å². The van der Waals surface area contributed by atoms with Crippen molar-refractivity contribution < 1.29 is 27.8 Å². The van der Waals surface area contributed by atoms with Gasteiger partial charge in [0.15, 0.2) is 0 Å². The predicted molar refractivity (Wildman–Crippen MR) is 87.0 cm³/mol. The van der Waals surface area contributed by atoms with Gasteiger partial charge in [-0.1, -0.05) is 18.2 Å². The highest BCUT2D eigenvalue weighted by molar-refractivity contribution is 7.89. The number of sulfonamides is 1. The van der Waals surface area contributed by atoms with Crippen LogP contribution >= 0.6 is 0 Å². The Hall–Kier alpha value is -2.58. The van der Waals surface area contributed by atoms with Gasteiger partial charge < -0.3 is 14.6 Å². The fourth-order valence-electron chi connectivity index (χ4n) is 2.12. The summed E-state index contributed by atoms with van der Waals surface area (Å²) in [5, 5.41) is 9.04. The molecule has 0 aromatic heterocycles. The van der Waals surface area contributed by atoms with Crippen molar-refractivity contribution >= 4 is 16.0 Å². The molecule has 0 heterocycles. The lowest BCUT2D eigenvalue weighted by atomic mass is 10.2. The van der Waals surface area contributed by atoms with E-state index in [9.17, 15) is 13.2 Å². The minimum atomic E-state index is -3.98. The molecule has 0 aliphatic rings. The average Bonchev–Trinajstić information content (AvgIpc) is 2.59. The van der Waals surface area contributed by atoms with E-state index < -0.39 is 16.0 Å². The van der Waals surface area contributed by atoms with E-state index in [-0.39, 0.29) is 22.8 Å². The molecule has 0 saturated heterocycles. The summed E-state index contributed by atoms with van der Waals surface area (Å²) in [6.45, 7) is -0.00714. The Kier molecular flexibility index (Phi) is 5.42. The SMILES string of the molecule is COc1ccccc1CNS(=O)(=O)c1cc(C(=O)O)ccc1OC. The molecule has 0 atom stereocenters. The van der Waals surface area contributed by atoms with Crippen LogP contribution in [-0.2, 0) is 16.6 Å². The van der Waals surface area contributed by atoms with Gasteiger partial charge >= 0.3 is 5.97 Å². The number of aromatic carboxylic acids is 1. The standard InChI is InChI=1S/C16H17NO6S/c1-22-13-6-4-3-5-12(13)10-17-24(20,21)15-9-11(16(18)19)7-8-14(15)23-2/h3-9,17H,10H2,1-2H3,(H,18,19). The van der Waals surface area contributed by atoms with Gasteiger partial charge in [0.25, 0.3) is 0 Å². The first-order valence-electron chi connectivity index (χ1n) is 6.92. The molecule has 0 saturated carbocycles. The molecule has 0 amide bonds. The summed E-state index contributed by atoms with van der Waals surface area (Å²) in [6, 6.07) is 10.6. The van der Waals surface area contributed by atoms with Gasteiger partial charge in [0.2, 0.25) is 10.0 Å². The summed E-state index contributed by atoms with van der Waals surface area (Å²) >= 11 is 0. The van der Waals surface area contributed by atoms with Crippen LogP contribution in [0.25, 0.3) is 0 Å². The normalized spacial score (nSPS) is 11.1. The predicted octanol–water partition coefficient (Wildman–Crippen LogP) is 1.88. The summed E-state index contributed by atoms with van der Waals surface area (Å²) in [5.74, 6) is -0.613. The molecule has 2 N–H and O–H groups in total. The Bertz CT molecular complexity index is 847. The number of benzene rings is 2. The third-order valence-electron chi connectivity index (χ3n) is 3.35. The molecule has 2 aromatic carbocycles. The summed E-state index contributed by atoms with van der Waals surface area (Å²) in [4.78, 5) is 10.8. The van der Waals surface area contributed by atoms with Crippen molar-refractivity contribution in [2.75, 3.05) is 14.2 Å². The largest absolute Gasteiger partial charge is 0.496 e. The van der Waals surface area contributed by atoms with Gasteiger partial charge in [-0.15, -0.1) is 0 Å². The van der Waals surface area contributed by atoms with Gasteiger partial charge in [0.05, 0.1) is 19.8 Å². The lowest BCUT2D eigenvalue weighted by Crippen LogP contribution is -2.24. The average molecular weight is 351 g/mol. The number of ether oxygens (including phenoxy) is 2. The third-order valence-corrected chi connectivity index (χ3v) is 4.77. The zero-order valence-electron chi connectivity index (χ0n) is 13.1. The molecule has 0 spiro atoms. The molecule has 0 radical (unpaired) electrons. The molecule has 0 aliphatic carbocycles. The van der Waals surface area contributed by atoms with E-state index in [4.69, 9.17) is 14.6 Å². The minimum absolute atomic E-state index is 0.00714. The van der Waals surface area contributed by atoms with E-state index in [1.807, 2.05) is 0 Å². The van der Waals surface area contributed by atoms with E-state index in [1.165, 1.54) is 26.4 Å². The van der Waals surface area contributed by atoms with E-state index >= 15 is 0 Å². The first kappa shape index (κ1) is 17.8. The molecule has 7 nitrogen and oxygen atoms in total. The Balaban J connectivity index is 2.33. The van der Waals surface area contributed by atoms with Crippen LogP contribution in [-0.4, -0.2) is 33.7 Å². The lowest BCUT2D eigenvalue weighted by Gasteiger charge is -2.13. The molecule has 0 bridgehead atoms. The molecular formula is C16H17NO6S. The number of rotatable bonds is 7. The zero-order valence-corrected chi connectivity index (χ0v) is 14.0. The van der Waals surface area contributed by atoms with Crippen LogP contribution in [0.1, 0.15) is 15.9 Å². The first-order valence-corrected chi connectivity index (χ1v) is 8.40. The fourth-order valence-corrected chi connectivity index (χ4v) is 3.32. The minimum Gasteiger partial charge on any atom is -0.496 e. The summed E-state index contributed by atoms with van der Waals surface area (Å²) in [6.07, 6.45) is 0. The maximum Gasteiger partial charge on any atom is 0.335 e. The van der Waals surface area contributed by atoms with Gasteiger partial charge in [-0.25, -0.2) is 17.9 Å². The van der Waals surface area contributed by atoms with Crippen molar-refractivity contribution in [3.63, 3.8) is 0 Å². The van der Waals surface area contributed by atoms with Crippen molar-refractivity contribution in [1.29, 1.82) is 0 Å². The number of methoxy groups -OCH3 is 2. The maximum absolute atomic E-state index is 12.5. The van der Waals surface area contributed by atoms with Crippen LogP contribution in [0.4, 0.5) is 0 Å². The van der Waals surface area contributed by atoms with Gasteiger partial charge in [-0.3, -0.25) is 0 Å². The molecule has 0 unspecified atom stereocenters. The number of hydrogen-bond acceptors (Lipinski definition) is 5.